The van der Waals surface area contributed by atoms with Crippen molar-refractivity contribution < 1.29 is 14.3 Å². The Morgan fingerprint density at radius 1 is 1.43 bits per heavy atom. The molecule has 3 nitrogen and oxygen atoms in total. The van der Waals surface area contributed by atoms with Crippen LogP contribution in [0.4, 0.5) is 0 Å². The molecule has 2 rings (SSSR count). The first-order valence-corrected chi connectivity index (χ1v) is 5.01. The molecule has 1 unspecified atom stereocenters. The fourth-order valence-electron chi connectivity index (χ4n) is 2.37. The van der Waals surface area contributed by atoms with Crippen molar-refractivity contribution in [1.29, 1.82) is 0 Å². The monoisotopic (exact) mass is 194 g/mol. The Bertz CT molecular complexity index is 304. The number of fused-ring (bicyclic) bond motifs is 1. The maximum Gasteiger partial charge on any atom is 0.310 e. The first-order valence-electron chi connectivity index (χ1n) is 5.01. The summed E-state index contributed by atoms with van der Waals surface area (Å²) in [6.07, 6.45) is 3.54. The summed E-state index contributed by atoms with van der Waals surface area (Å²) in [6, 6.07) is 0. The SMILES string of the molecule is CC(C)C1C(=O)O[C@@H]2C=CC(=O)C[C@H]12. The normalized spacial score (nSPS) is 36.1. The highest BCUT2D eigenvalue weighted by Gasteiger charge is 2.46. The molecule has 1 heterocycles. The minimum Gasteiger partial charge on any atom is -0.458 e. The van der Waals surface area contributed by atoms with Crippen LogP contribution in [0.2, 0.25) is 0 Å². The van der Waals surface area contributed by atoms with Crippen molar-refractivity contribution in [2.45, 2.75) is 26.4 Å². The lowest BCUT2D eigenvalue weighted by Crippen LogP contribution is -2.28. The van der Waals surface area contributed by atoms with Crippen molar-refractivity contribution >= 4 is 11.8 Å². The average Bonchev–Trinajstić information content (AvgIpc) is 2.40. The Balaban J connectivity index is 2.25. The minimum atomic E-state index is -0.160. The third-order valence-corrected chi connectivity index (χ3v) is 3.03. The van der Waals surface area contributed by atoms with Gasteiger partial charge in [-0.3, -0.25) is 9.59 Å². The average molecular weight is 194 g/mol. The Morgan fingerprint density at radius 2 is 2.14 bits per heavy atom. The topological polar surface area (TPSA) is 43.4 Å². The van der Waals surface area contributed by atoms with E-state index in [1.807, 2.05) is 13.8 Å². The van der Waals surface area contributed by atoms with Gasteiger partial charge in [-0.25, -0.2) is 0 Å². The molecule has 0 saturated carbocycles. The van der Waals surface area contributed by atoms with Crippen molar-refractivity contribution in [3.8, 4) is 0 Å². The number of hydrogen-bond acceptors (Lipinski definition) is 3. The molecular formula is C11H14O3. The predicted molar refractivity (Wildman–Crippen MR) is 50.5 cm³/mol. The fraction of sp³-hybridized carbons (Fsp3) is 0.636. The molecular weight excluding hydrogens is 180 g/mol. The van der Waals surface area contributed by atoms with Crippen LogP contribution in [0.5, 0.6) is 0 Å². The van der Waals surface area contributed by atoms with Gasteiger partial charge < -0.3 is 4.74 Å². The number of ether oxygens (including phenoxy) is 1. The lowest BCUT2D eigenvalue weighted by Gasteiger charge is -2.22. The molecule has 1 saturated heterocycles. The van der Waals surface area contributed by atoms with Crippen LogP contribution in [0, 0.1) is 17.8 Å². The number of rotatable bonds is 1. The molecule has 3 heteroatoms. The molecule has 0 aromatic carbocycles. The summed E-state index contributed by atoms with van der Waals surface area (Å²) >= 11 is 0. The predicted octanol–water partition coefficient (Wildman–Crippen LogP) is 1.33. The van der Waals surface area contributed by atoms with Gasteiger partial charge in [0, 0.05) is 12.3 Å². The van der Waals surface area contributed by atoms with E-state index in [0.717, 1.165) is 0 Å². The molecule has 0 amide bonds. The second-order valence-electron chi connectivity index (χ2n) is 4.36. The molecule has 76 valence electrons. The van der Waals surface area contributed by atoms with Crippen LogP contribution in [0.3, 0.4) is 0 Å². The van der Waals surface area contributed by atoms with Gasteiger partial charge in [0.2, 0.25) is 0 Å². The Morgan fingerprint density at radius 3 is 2.79 bits per heavy atom. The number of allylic oxidation sites excluding steroid dienone is 1. The standard InChI is InChI=1S/C11H14O3/c1-6(2)10-8-5-7(12)3-4-9(8)14-11(10)13/h3-4,6,8-10H,5H2,1-2H3/t8-,9+,10?/m0/s1. The molecule has 1 fully saturated rings. The van der Waals surface area contributed by atoms with E-state index in [1.165, 1.54) is 6.08 Å². The van der Waals surface area contributed by atoms with Gasteiger partial charge in [-0.2, -0.15) is 0 Å². The van der Waals surface area contributed by atoms with Crippen LogP contribution >= 0.6 is 0 Å². The van der Waals surface area contributed by atoms with Gasteiger partial charge in [0.15, 0.2) is 5.78 Å². The van der Waals surface area contributed by atoms with Crippen LogP contribution in [0.15, 0.2) is 12.2 Å². The molecule has 0 spiro atoms. The van der Waals surface area contributed by atoms with Gasteiger partial charge in [0.05, 0.1) is 5.92 Å². The van der Waals surface area contributed by atoms with Gasteiger partial charge in [-0.15, -0.1) is 0 Å². The molecule has 0 bridgehead atoms. The van der Waals surface area contributed by atoms with E-state index in [9.17, 15) is 9.59 Å². The lowest BCUT2D eigenvalue weighted by molar-refractivity contribution is -0.144. The van der Waals surface area contributed by atoms with Crippen LogP contribution in [0.25, 0.3) is 0 Å². The molecule has 2 aliphatic rings. The zero-order valence-electron chi connectivity index (χ0n) is 8.40. The summed E-state index contributed by atoms with van der Waals surface area (Å²) in [6.45, 7) is 3.99. The molecule has 1 aliphatic carbocycles. The molecule has 0 radical (unpaired) electrons. The van der Waals surface area contributed by atoms with Crippen LogP contribution in [0.1, 0.15) is 20.3 Å². The van der Waals surface area contributed by atoms with Crippen molar-refractivity contribution in [2.75, 3.05) is 0 Å². The van der Waals surface area contributed by atoms with Gasteiger partial charge in [-0.05, 0) is 18.1 Å². The summed E-state index contributed by atoms with van der Waals surface area (Å²) in [4.78, 5) is 22.7. The summed E-state index contributed by atoms with van der Waals surface area (Å²) in [5.74, 6) is 0.176. The number of carbonyl (C=O) groups excluding carboxylic acids is 2. The van der Waals surface area contributed by atoms with Gasteiger partial charge >= 0.3 is 5.97 Å². The van der Waals surface area contributed by atoms with Crippen LogP contribution < -0.4 is 0 Å². The number of esters is 1. The molecule has 1 aliphatic heterocycles. The third kappa shape index (κ3) is 1.37. The van der Waals surface area contributed by atoms with E-state index >= 15 is 0 Å². The quantitative estimate of drug-likeness (QED) is 0.591. The highest BCUT2D eigenvalue weighted by atomic mass is 16.6. The van der Waals surface area contributed by atoms with E-state index in [1.54, 1.807) is 6.08 Å². The summed E-state index contributed by atoms with van der Waals surface area (Å²) in [5, 5.41) is 0. The number of ketones is 1. The van der Waals surface area contributed by atoms with E-state index in [2.05, 4.69) is 0 Å². The second kappa shape index (κ2) is 3.23. The fourth-order valence-corrected chi connectivity index (χ4v) is 2.37. The highest BCUT2D eigenvalue weighted by Crippen LogP contribution is 2.38. The Labute approximate surface area is 83.1 Å². The smallest absolute Gasteiger partial charge is 0.310 e. The first kappa shape index (κ1) is 9.44. The number of hydrogen-bond donors (Lipinski definition) is 0. The zero-order valence-corrected chi connectivity index (χ0v) is 8.40. The van der Waals surface area contributed by atoms with E-state index < -0.39 is 0 Å². The van der Waals surface area contributed by atoms with Crippen molar-refractivity contribution in [3.63, 3.8) is 0 Å². The van der Waals surface area contributed by atoms with Crippen molar-refractivity contribution in [1.82, 2.24) is 0 Å². The summed E-state index contributed by atoms with van der Waals surface area (Å²) in [5.41, 5.74) is 0. The highest BCUT2D eigenvalue weighted by molar-refractivity contribution is 5.92. The van der Waals surface area contributed by atoms with Crippen molar-refractivity contribution in [2.24, 2.45) is 17.8 Å². The maximum absolute atomic E-state index is 11.5. The van der Waals surface area contributed by atoms with E-state index in [-0.39, 0.29) is 35.6 Å². The number of carbonyl (C=O) groups is 2. The second-order valence-corrected chi connectivity index (χ2v) is 4.36. The molecule has 0 aromatic rings. The van der Waals surface area contributed by atoms with Crippen molar-refractivity contribution in [3.05, 3.63) is 12.2 Å². The first-order chi connectivity index (χ1) is 6.59. The molecule has 3 atom stereocenters. The Kier molecular flexibility index (Phi) is 2.17. The van der Waals surface area contributed by atoms with E-state index in [0.29, 0.717) is 6.42 Å². The maximum atomic E-state index is 11.5. The summed E-state index contributed by atoms with van der Waals surface area (Å²) in [7, 11) is 0. The zero-order chi connectivity index (χ0) is 10.3. The Hall–Kier alpha value is -1.12. The third-order valence-electron chi connectivity index (χ3n) is 3.03. The summed E-state index contributed by atoms with van der Waals surface area (Å²) < 4.78 is 5.21. The molecule has 0 aromatic heterocycles. The molecule has 14 heavy (non-hydrogen) atoms. The molecule has 0 N–H and O–H groups in total. The largest absolute Gasteiger partial charge is 0.458 e. The van der Waals surface area contributed by atoms with Crippen LogP contribution in [-0.4, -0.2) is 17.9 Å². The van der Waals surface area contributed by atoms with E-state index in [4.69, 9.17) is 4.74 Å². The van der Waals surface area contributed by atoms with Crippen LogP contribution in [-0.2, 0) is 14.3 Å². The lowest BCUT2D eigenvalue weighted by atomic mass is 9.77. The minimum absolute atomic E-state index is 0.0694. The van der Waals surface area contributed by atoms with Gasteiger partial charge in [-0.1, -0.05) is 13.8 Å². The van der Waals surface area contributed by atoms with Gasteiger partial charge in [0.1, 0.15) is 6.10 Å². The van der Waals surface area contributed by atoms with Gasteiger partial charge in [0.25, 0.3) is 0 Å².